The number of hydrogen-bond donors (Lipinski definition) is 1. The number of carbonyl (C=O) groups excluding carboxylic acids is 1. The topological polar surface area (TPSA) is 71.3 Å². The van der Waals surface area contributed by atoms with Crippen LogP contribution in [0.4, 0.5) is 5.69 Å². The predicted molar refractivity (Wildman–Crippen MR) is 102 cm³/mol. The summed E-state index contributed by atoms with van der Waals surface area (Å²) in [5.74, 6) is 0.514. The van der Waals surface area contributed by atoms with Crippen molar-refractivity contribution in [2.24, 2.45) is 0 Å². The minimum Gasteiger partial charge on any atom is -0.495 e. The number of hydrogen-bond acceptors (Lipinski definition) is 4. The second-order valence-electron chi connectivity index (χ2n) is 5.35. The van der Waals surface area contributed by atoms with Crippen molar-refractivity contribution in [3.8, 4) is 17.6 Å². The summed E-state index contributed by atoms with van der Waals surface area (Å²) in [5.41, 5.74) is 0.993. The highest BCUT2D eigenvalue weighted by Crippen LogP contribution is 2.28. The molecule has 0 heterocycles. The summed E-state index contributed by atoms with van der Waals surface area (Å²) in [6.45, 7) is 2.56. The quantitative estimate of drug-likeness (QED) is 0.567. The average Bonchev–Trinajstić information content (AvgIpc) is 2.65. The van der Waals surface area contributed by atoms with Crippen molar-refractivity contribution in [1.82, 2.24) is 0 Å². The second kappa shape index (κ2) is 9.50. The minimum atomic E-state index is -0.557. The normalized spacial score (nSPS) is 10.8. The number of nitrogens with zero attached hydrogens (tertiary/aromatic N) is 1. The molecule has 0 saturated carbocycles. The van der Waals surface area contributed by atoms with Crippen LogP contribution in [0.25, 0.3) is 6.08 Å². The first-order chi connectivity index (χ1) is 12.6. The molecule has 0 radical (unpaired) electrons. The van der Waals surface area contributed by atoms with Gasteiger partial charge in [-0.1, -0.05) is 36.7 Å². The van der Waals surface area contributed by atoms with Crippen LogP contribution in [0.15, 0.2) is 48.0 Å². The Bertz CT molecular complexity index is 856. The maximum atomic E-state index is 12.5. The molecule has 26 heavy (non-hydrogen) atoms. The maximum absolute atomic E-state index is 12.5. The Labute approximate surface area is 157 Å². The fourth-order valence-corrected chi connectivity index (χ4v) is 2.39. The Morgan fingerprint density at radius 1 is 1.27 bits per heavy atom. The van der Waals surface area contributed by atoms with Crippen molar-refractivity contribution in [1.29, 1.82) is 5.26 Å². The van der Waals surface area contributed by atoms with E-state index in [0.717, 1.165) is 6.42 Å². The van der Waals surface area contributed by atoms with Gasteiger partial charge in [0, 0.05) is 10.6 Å². The van der Waals surface area contributed by atoms with E-state index in [2.05, 4.69) is 5.32 Å². The lowest BCUT2D eigenvalue weighted by molar-refractivity contribution is -0.112. The number of nitrogens with one attached hydrogen (secondary N) is 1. The van der Waals surface area contributed by atoms with E-state index in [1.54, 1.807) is 30.3 Å². The zero-order valence-electron chi connectivity index (χ0n) is 14.6. The van der Waals surface area contributed by atoms with Gasteiger partial charge in [0.25, 0.3) is 5.91 Å². The van der Waals surface area contributed by atoms with Crippen LogP contribution in [-0.2, 0) is 4.79 Å². The van der Waals surface area contributed by atoms with Gasteiger partial charge >= 0.3 is 0 Å². The van der Waals surface area contributed by atoms with Crippen molar-refractivity contribution in [2.45, 2.75) is 13.3 Å². The molecule has 0 saturated heterocycles. The first kappa shape index (κ1) is 19.4. The number of nitriles is 1. The number of carbonyl (C=O) groups is 1. The molecule has 6 heteroatoms. The number of halogens is 1. The van der Waals surface area contributed by atoms with Crippen LogP contribution in [-0.4, -0.2) is 19.6 Å². The largest absolute Gasteiger partial charge is 0.495 e. The van der Waals surface area contributed by atoms with E-state index in [1.807, 2.05) is 25.1 Å². The van der Waals surface area contributed by atoms with Gasteiger partial charge in [-0.15, -0.1) is 0 Å². The number of amides is 1. The van der Waals surface area contributed by atoms with Gasteiger partial charge in [-0.25, -0.2) is 0 Å². The smallest absolute Gasteiger partial charge is 0.266 e. The summed E-state index contributed by atoms with van der Waals surface area (Å²) in [6, 6.07) is 14.0. The highest BCUT2D eigenvalue weighted by molar-refractivity contribution is 6.31. The van der Waals surface area contributed by atoms with Gasteiger partial charge in [0.2, 0.25) is 0 Å². The van der Waals surface area contributed by atoms with Crippen molar-refractivity contribution in [3.63, 3.8) is 0 Å². The Balaban J connectivity index is 2.29. The van der Waals surface area contributed by atoms with Crippen LogP contribution in [0.2, 0.25) is 5.02 Å². The second-order valence-corrected chi connectivity index (χ2v) is 5.79. The van der Waals surface area contributed by atoms with Crippen molar-refractivity contribution in [3.05, 3.63) is 58.6 Å². The van der Waals surface area contributed by atoms with E-state index in [9.17, 15) is 10.1 Å². The lowest BCUT2D eigenvalue weighted by atomic mass is 10.1. The van der Waals surface area contributed by atoms with Gasteiger partial charge in [-0.05, 0) is 36.8 Å². The zero-order valence-corrected chi connectivity index (χ0v) is 15.3. The molecule has 0 unspecified atom stereocenters. The lowest BCUT2D eigenvalue weighted by Crippen LogP contribution is -2.14. The van der Waals surface area contributed by atoms with Gasteiger partial charge in [-0.2, -0.15) is 5.26 Å². The van der Waals surface area contributed by atoms with E-state index in [0.29, 0.717) is 34.4 Å². The number of rotatable bonds is 7. The molecular formula is C20H19ClN2O3. The lowest BCUT2D eigenvalue weighted by Gasteiger charge is -2.11. The van der Waals surface area contributed by atoms with E-state index in [1.165, 1.54) is 13.2 Å². The number of ether oxygens (including phenoxy) is 2. The summed E-state index contributed by atoms with van der Waals surface area (Å²) in [5, 5.41) is 12.5. The predicted octanol–water partition coefficient (Wildman–Crippen LogP) is 4.68. The molecule has 1 N–H and O–H groups in total. The zero-order chi connectivity index (χ0) is 18.9. The first-order valence-electron chi connectivity index (χ1n) is 8.07. The summed E-state index contributed by atoms with van der Waals surface area (Å²) in [6.07, 6.45) is 2.36. The third kappa shape index (κ3) is 5.01. The molecule has 2 rings (SSSR count). The molecule has 1 amide bonds. The standard InChI is InChI=1S/C20H19ClN2O3/c1-3-10-26-18-7-5-4-6-14(18)11-15(13-22)20(24)23-17-12-16(21)8-9-19(17)25-2/h4-9,11-12H,3,10H2,1-2H3,(H,23,24)/b15-11+. The highest BCUT2D eigenvalue weighted by atomic mass is 35.5. The van der Waals surface area contributed by atoms with Crippen LogP contribution >= 0.6 is 11.6 Å². The third-order valence-corrected chi connectivity index (χ3v) is 3.69. The minimum absolute atomic E-state index is 0.0559. The Hall–Kier alpha value is -2.97. The Morgan fingerprint density at radius 2 is 2.04 bits per heavy atom. The van der Waals surface area contributed by atoms with E-state index in [4.69, 9.17) is 21.1 Å². The van der Waals surface area contributed by atoms with E-state index < -0.39 is 5.91 Å². The maximum Gasteiger partial charge on any atom is 0.266 e. The van der Waals surface area contributed by atoms with Crippen LogP contribution in [0.1, 0.15) is 18.9 Å². The van der Waals surface area contributed by atoms with Crippen LogP contribution in [0.5, 0.6) is 11.5 Å². The first-order valence-corrected chi connectivity index (χ1v) is 8.45. The van der Waals surface area contributed by atoms with Crippen molar-refractivity contribution in [2.75, 3.05) is 19.0 Å². The summed E-state index contributed by atoms with van der Waals surface area (Å²) in [7, 11) is 1.49. The summed E-state index contributed by atoms with van der Waals surface area (Å²) < 4.78 is 10.9. The van der Waals surface area contributed by atoms with Gasteiger partial charge < -0.3 is 14.8 Å². The molecule has 0 fully saturated rings. The fraction of sp³-hybridized carbons (Fsp3) is 0.200. The third-order valence-electron chi connectivity index (χ3n) is 3.46. The van der Waals surface area contributed by atoms with E-state index >= 15 is 0 Å². The molecule has 2 aromatic rings. The molecule has 134 valence electrons. The molecule has 2 aromatic carbocycles. The van der Waals surface area contributed by atoms with Gasteiger partial charge in [0.15, 0.2) is 0 Å². The molecule has 0 aliphatic heterocycles. The van der Waals surface area contributed by atoms with Crippen molar-refractivity contribution >= 4 is 29.3 Å². The van der Waals surface area contributed by atoms with Crippen molar-refractivity contribution < 1.29 is 14.3 Å². The number of benzene rings is 2. The Kier molecular flexibility index (Phi) is 7.07. The highest BCUT2D eigenvalue weighted by Gasteiger charge is 2.14. The molecule has 0 aliphatic carbocycles. The Morgan fingerprint density at radius 3 is 2.73 bits per heavy atom. The summed E-state index contributed by atoms with van der Waals surface area (Å²) in [4.78, 5) is 12.5. The molecule has 5 nitrogen and oxygen atoms in total. The van der Waals surface area contributed by atoms with Crippen LogP contribution in [0, 0.1) is 11.3 Å². The SMILES string of the molecule is CCCOc1ccccc1/C=C(\C#N)C(=O)Nc1cc(Cl)ccc1OC. The molecular weight excluding hydrogens is 352 g/mol. The number of methoxy groups -OCH3 is 1. The molecule has 0 atom stereocenters. The molecule has 0 aliphatic rings. The van der Waals surface area contributed by atoms with Crippen LogP contribution < -0.4 is 14.8 Å². The summed E-state index contributed by atoms with van der Waals surface area (Å²) >= 11 is 5.97. The monoisotopic (exact) mass is 370 g/mol. The fourth-order valence-electron chi connectivity index (χ4n) is 2.21. The van der Waals surface area contributed by atoms with Crippen LogP contribution in [0.3, 0.4) is 0 Å². The molecule has 0 aromatic heterocycles. The van der Waals surface area contributed by atoms with Gasteiger partial charge in [-0.3, -0.25) is 4.79 Å². The van der Waals surface area contributed by atoms with Gasteiger partial charge in [0.05, 0.1) is 19.4 Å². The number of anilines is 1. The van der Waals surface area contributed by atoms with Gasteiger partial charge in [0.1, 0.15) is 23.1 Å². The average molecular weight is 371 g/mol. The number of para-hydroxylation sites is 1. The van der Waals surface area contributed by atoms with E-state index in [-0.39, 0.29) is 5.57 Å². The molecule has 0 spiro atoms. The molecule has 0 bridgehead atoms.